The van der Waals surface area contributed by atoms with E-state index in [0.717, 1.165) is 20.7 Å². The maximum Gasteiger partial charge on any atom is 0.244 e. The summed E-state index contributed by atoms with van der Waals surface area (Å²) in [5.74, 6) is -0.0280. The molecule has 134 valence electrons. The highest BCUT2D eigenvalue weighted by Gasteiger charge is 2.24. The maximum absolute atomic E-state index is 12.7. The van der Waals surface area contributed by atoms with E-state index >= 15 is 0 Å². The molecule has 0 fully saturated rings. The molecule has 5 nitrogen and oxygen atoms in total. The first-order valence-corrected chi connectivity index (χ1v) is 9.77. The first-order chi connectivity index (χ1) is 12.4. The number of fused-ring (bicyclic) bond motifs is 1. The molecule has 26 heavy (non-hydrogen) atoms. The molecular weight excluding hydrogens is 346 g/mol. The summed E-state index contributed by atoms with van der Waals surface area (Å²) in [4.78, 5) is 4.20. The minimum absolute atomic E-state index is 0.0280. The number of imidazole rings is 1. The number of nitrogens with zero attached hydrogens (tertiary/aromatic N) is 2. The lowest BCUT2D eigenvalue weighted by Gasteiger charge is -2.12. The van der Waals surface area contributed by atoms with Crippen LogP contribution in [-0.4, -0.2) is 22.6 Å². The topological polar surface area (TPSA) is 78.0 Å². The van der Waals surface area contributed by atoms with Gasteiger partial charge in [0.1, 0.15) is 0 Å². The molecule has 0 spiro atoms. The molecule has 2 aromatic carbocycles. The van der Waals surface area contributed by atoms with E-state index < -0.39 is 15.3 Å². The van der Waals surface area contributed by atoms with Crippen molar-refractivity contribution in [2.24, 2.45) is 0 Å². The van der Waals surface area contributed by atoms with Gasteiger partial charge in [0.15, 0.2) is 0 Å². The zero-order valence-corrected chi connectivity index (χ0v) is 15.6. The molecule has 0 saturated heterocycles. The van der Waals surface area contributed by atoms with Gasteiger partial charge in [0, 0.05) is 0 Å². The molecule has 1 aromatic heterocycles. The van der Waals surface area contributed by atoms with E-state index in [-0.39, 0.29) is 5.95 Å². The second kappa shape index (κ2) is 6.80. The van der Waals surface area contributed by atoms with Crippen molar-refractivity contribution in [3.05, 3.63) is 78.4 Å². The molecular formula is C20H21N3O2S. The molecule has 0 bridgehead atoms. The summed E-state index contributed by atoms with van der Waals surface area (Å²) in [7, 11) is -3.62. The molecule has 3 rings (SSSR count). The molecule has 0 aliphatic rings. The van der Waals surface area contributed by atoms with Crippen LogP contribution in [0.2, 0.25) is 0 Å². The smallest absolute Gasteiger partial charge is 0.244 e. The summed E-state index contributed by atoms with van der Waals surface area (Å²) < 4.78 is 26.6. The van der Waals surface area contributed by atoms with Gasteiger partial charge in [-0.15, -0.1) is 0 Å². The van der Waals surface area contributed by atoms with Crippen molar-refractivity contribution >= 4 is 32.6 Å². The van der Waals surface area contributed by atoms with Crippen LogP contribution in [-0.2, 0) is 10.0 Å². The number of nitrogen functional groups attached to an aromatic ring is 1. The van der Waals surface area contributed by atoms with Crippen molar-refractivity contribution in [1.82, 2.24) is 8.96 Å². The van der Waals surface area contributed by atoms with Crippen molar-refractivity contribution in [3.63, 3.8) is 0 Å². The van der Waals surface area contributed by atoms with Gasteiger partial charge in [0.2, 0.25) is 16.0 Å². The van der Waals surface area contributed by atoms with Crippen LogP contribution in [0.3, 0.4) is 0 Å². The third kappa shape index (κ3) is 3.04. The summed E-state index contributed by atoms with van der Waals surface area (Å²) in [6.45, 7) is 7.03. The number of aromatic nitrogens is 2. The van der Waals surface area contributed by atoms with Crippen molar-refractivity contribution < 1.29 is 8.42 Å². The number of hydrogen-bond donors (Lipinski definition) is 1. The second-order valence-corrected chi connectivity index (χ2v) is 8.55. The summed E-state index contributed by atoms with van der Waals surface area (Å²) >= 11 is 0. The van der Waals surface area contributed by atoms with E-state index in [9.17, 15) is 8.42 Å². The van der Waals surface area contributed by atoms with Crippen LogP contribution in [0.25, 0.3) is 16.6 Å². The van der Waals surface area contributed by atoms with Crippen molar-refractivity contribution in [2.75, 3.05) is 5.73 Å². The number of anilines is 1. The average molecular weight is 367 g/mol. The fourth-order valence-corrected chi connectivity index (χ4v) is 3.96. The van der Waals surface area contributed by atoms with Crippen LogP contribution in [0.1, 0.15) is 25.0 Å². The lowest BCUT2D eigenvalue weighted by molar-refractivity contribution is 0.580. The van der Waals surface area contributed by atoms with Crippen molar-refractivity contribution in [2.45, 2.75) is 19.1 Å². The van der Waals surface area contributed by atoms with Gasteiger partial charge in [0.25, 0.3) is 0 Å². The largest absolute Gasteiger partial charge is 0.368 e. The van der Waals surface area contributed by atoms with Gasteiger partial charge in [-0.2, -0.15) is 0 Å². The fourth-order valence-electron chi connectivity index (χ4n) is 2.81. The Bertz CT molecular complexity index is 1090. The molecule has 0 amide bonds. The van der Waals surface area contributed by atoms with Crippen LogP contribution in [0.4, 0.5) is 5.95 Å². The van der Waals surface area contributed by atoms with Gasteiger partial charge >= 0.3 is 0 Å². The molecule has 0 saturated carbocycles. The lowest BCUT2D eigenvalue weighted by atomic mass is 9.97. The van der Waals surface area contributed by atoms with Crippen LogP contribution in [0, 0.1) is 0 Å². The Kier molecular flexibility index (Phi) is 4.70. The van der Waals surface area contributed by atoms with Crippen LogP contribution < -0.4 is 5.73 Å². The summed E-state index contributed by atoms with van der Waals surface area (Å²) in [5.41, 5.74) is 9.75. The molecule has 0 radical (unpaired) electrons. The Balaban J connectivity index is 2.27. The van der Waals surface area contributed by atoms with E-state index in [0.29, 0.717) is 11.0 Å². The van der Waals surface area contributed by atoms with E-state index in [1.807, 2.05) is 42.5 Å². The monoisotopic (exact) mass is 367 g/mol. The highest BCUT2D eigenvalue weighted by atomic mass is 32.2. The second-order valence-electron chi connectivity index (χ2n) is 6.21. The number of allylic oxidation sites excluding steroid dienone is 2. The molecule has 2 N–H and O–H groups in total. The van der Waals surface area contributed by atoms with Crippen molar-refractivity contribution in [1.29, 1.82) is 0 Å². The Hall–Kier alpha value is -2.86. The van der Waals surface area contributed by atoms with E-state index in [1.54, 1.807) is 32.1 Å². The molecule has 0 aliphatic heterocycles. The fraction of sp³-hybridized carbons (Fsp3) is 0.150. The Morgan fingerprint density at radius 2 is 1.85 bits per heavy atom. The minimum atomic E-state index is -3.62. The Morgan fingerprint density at radius 1 is 1.15 bits per heavy atom. The van der Waals surface area contributed by atoms with Crippen molar-refractivity contribution in [3.8, 4) is 0 Å². The SMILES string of the molecule is C=C/C=C(\c1ccccc1)c1ccc2nc(N)n(S(=O)(=O)C(C)C)c2c1. The average Bonchev–Trinajstić information content (AvgIpc) is 2.95. The van der Waals surface area contributed by atoms with Crippen LogP contribution in [0.5, 0.6) is 0 Å². The quantitative estimate of drug-likeness (QED) is 0.695. The zero-order chi connectivity index (χ0) is 18.9. The first kappa shape index (κ1) is 17.9. The van der Waals surface area contributed by atoms with E-state index in [1.165, 1.54) is 0 Å². The van der Waals surface area contributed by atoms with Gasteiger partial charge in [0.05, 0.1) is 16.3 Å². The summed E-state index contributed by atoms with van der Waals surface area (Å²) in [5, 5.41) is -0.608. The normalized spacial score (nSPS) is 12.7. The lowest BCUT2D eigenvalue weighted by Crippen LogP contribution is -2.23. The van der Waals surface area contributed by atoms with Gasteiger partial charge in [-0.3, -0.25) is 0 Å². The maximum atomic E-state index is 12.7. The third-order valence-corrected chi connectivity index (χ3v) is 6.25. The van der Waals surface area contributed by atoms with Gasteiger partial charge < -0.3 is 5.73 Å². The zero-order valence-electron chi connectivity index (χ0n) is 14.8. The third-order valence-electron chi connectivity index (χ3n) is 4.17. The summed E-state index contributed by atoms with van der Waals surface area (Å²) in [6.07, 6.45) is 3.61. The molecule has 3 aromatic rings. The van der Waals surface area contributed by atoms with Crippen LogP contribution in [0.15, 0.2) is 67.3 Å². The molecule has 6 heteroatoms. The minimum Gasteiger partial charge on any atom is -0.368 e. The molecule has 0 atom stereocenters. The van der Waals surface area contributed by atoms with Gasteiger partial charge in [-0.25, -0.2) is 17.4 Å². The van der Waals surface area contributed by atoms with Gasteiger partial charge in [-0.1, -0.05) is 55.1 Å². The van der Waals surface area contributed by atoms with E-state index in [4.69, 9.17) is 5.73 Å². The number of nitrogens with two attached hydrogens (primary N) is 1. The number of hydrogen-bond acceptors (Lipinski definition) is 4. The highest BCUT2D eigenvalue weighted by Crippen LogP contribution is 2.29. The predicted octanol–water partition coefficient (Wildman–Crippen LogP) is 3.82. The molecule has 0 unspecified atom stereocenters. The standard InChI is InChI=1S/C20H21N3O2S/c1-4-8-17(15-9-6-5-7-10-15)16-11-12-18-19(13-16)23(20(21)22-18)26(24,25)14(2)3/h4-14H,1H2,2-3H3,(H2,21,22)/b17-8+. The number of benzene rings is 2. The van der Waals surface area contributed by atoms with E-state index in [2.05, 4.69) is 11.6 Å². The Labute approximate surface area is 153 Å². The predicted molar refractivity (Wildman–Crippen MR) is 107 cm³/mol. The first-order valence-electron chi connectivity index (χ1n) is 8.27. The highest BCUT2D eigenvalue weighted by molar-refractivity contribution is 7.90. The Morgan fingerprint density at radius 3 is 2.46 bits per heavy atom. The molecule has 1 heterocycles. The van der Waals surface area contributed by atoms with Crippen LogP contribution >= 0.6 is 0 Å². The molecule has 0 aliphatic carbocycles. The number of rotatable bonds is 5. The summed E-state index contributed by atoms with van der Waals surface area (Å²) in [6, 6.07) is 15.3. The van der Waals surface area contributed by atoms with Gasteiger partial charge in [-0.05, 0) is 42.7 Å².